The van der Waals surface area contributed by atoms with Crippen LogP contribution in [0, 0.1) is 5.92 Å². The van der Waals surface area contributed by atoms with E-state index in [0.29, 0.717) is 17.9 Å². The zero-order valence-corrected chi connectivity index (χ0v) is 13.8. The Hall–Kier alpha value is -1.59. The molecule has 1 aromatic rings. The fourth-order valence-electron chi connectivity index (χ4n) is 3.65. The SMILES string of the molecule is CN1C(=O)CC(NC(=O)C2CCCC2O)C1c1ccc(Cl)cc1. The van der Waals surface area contributed by atoms with Crippen molar-refractivity contribution in [2.45, 2.75) is 43.9 Å². The molecule has 1 saturated carbocycles. The van der Waals surface area contributed by atoms with E-state index in [9.17, 15) is 14.7 Å². The molecule has 2 aliphatic rings. The van der Waals surface area contributed by atoms with Crippen molar-refractivity contribution in [3.05, 3.63) is 34.9 Å². The van der Waals surface area contributed by atoms with Crippen molar-refractivity contribution in [2.75, 3.05) is 7.05 Å². The van der Waals surface area contributed by atoms with Gasteiger partial charge in [-0.05, 0) is 37.0 Å². The molecule has 1 aromatic carbocycles. The first-order valence-electron chi connectivity index (χ1n) is 7.97. The Labute approximate surface area is 140 Å². The van der Waals surface area contributed by atoms with Crippen LogP contribution in [0.5, 0.6) is 0 Å². The number of hydrogen-bond donors (Lipinski definition) is 2. The van der Waals surface area contributed by atoms with Crippen molar-refractivity contribution in [2.24, 2.45) is 5.92 Å². The van der Waals surface area contributed by atoms with Crippen LogP contribution in [-0.4, -0.2) is 41.0 Å². The van der Waals surface area contributed by atoms with E-state index in [-0.39, 0.29) is 36.2 Å². The number of nitrogens with one attached hydrogen (secondary N) is 1. The molecule has 0 aromatic heterocycles. The number of aliphatic hydroxyl groups is 1. The van der Waals surface area contributed by atoms with Gasteiger partial charge in [0.1, 0.15) is 0 Å². The number of halogens is 1. The van der Waals surface area contributed by atoms with Gasteiger partial charge in [0, 0.05) is 18.5 Å². The summed E-state index contributed by atoms with van der Waals surface area (Å²) in [6.07, 6.45) is 1.94. The van der Waals surface area contributed by atoms with Crippen LogP contribution in [0.4, 0.5) is 0 Å². The molecule has 0 radical (unpaired) electrons. The van der Waals surface area contributed by atoms with Gasteiger partial charge < -0.3 is 15.3 Å². The summed E-state index contributed by atoms with van der Waals surface area (Å²) in [5.41, 5.74) is 0.944. The third-order valence-electron chi connectivity index (χ3n) is 4.94. The van der Waals surface area contributed by atoms with E-state index in [1.54, 1.807) is 24.1 Å². The van der Waals surface area contributed by atoms with Gasteiger partial charge in [0.2, 0.25) is 11.8 Å². The molecule has 2 N–H and O–H groups in total. The summed E-state index contributed by atoms with van der Waals surface area (Å²) < 4.78 is 0. The maximum atomic E-state index is 12.4. The number of carbonyl (C=O) groups excluding carboxylic acids is 2. The summed E-state index contributed by atoms with van der Waals surface area (Å²) in [6.45, 7) is 0. The van der Waals surface area contributed by atoms with Crippen molar-refractivity contribution < 1.29 is 14.7 Å². The Morgan fingerprint density at radius 1 is 1.30 bits per heavy atom. The molecule has 2 amide bonds. The molecule has 6 heteroatoms. The number of nitrogens with zero attached hydrogens (tertiary/aromatic N) is 1. The Kier molecular flexibility index (Phi) is 4.60. The fraction of sp³-hybridized carbons (Fsp3) is 0.529. The van der Waals surface area contributed by atoms with Gasteiger partial charge in [0.25, 0.3) is 0 Å². The number of aliphatic hydroxyl groups excluding tert-OH is 1. The Bertz CT molecular complexity index is 604. The summed E-state index contributed by atoms with van der Waals surface area (Å²) in [5, 5.41) is 13.5. The van der Waals surface area contributed by atoms with Crippen molar-refractivity contribution in [1.82, 2.24) is 10.2 Å². The van der Waals surface area contributed by atoms with Crippen LogP contribution in [0.2, 0.25) is 5.02 Å². The highest BCUT2D eigenvalue weighted by molar-refractivity contribution is 6.30. The molecule has 3 rings (SSSR count). The van der Waals surface area contributed by atoms with E-state index in [0.717, 1.165) is 12.0 Å². The first-order chi connectivity index (χ1) is 11.0. The van der Waals surface area contributed by atoms with Gasteiger partial charge in [-0.1, -0.05) is 23.7 Å². The second-order valence-electron chi connectivity index (χ2n) is 6.42. The zero-order chi connectivity index (χ0) is 16.6. The summed E-state index contributed by atoms with van der Waals surface area (Å²) in [4.78, 5) is 26.2. The highest BCUT2D eigenvalue weighted by Crippen LogP contribution is 2.33. The lowest BCUT2D eigenvalue weighted by Crippen LogP contribution is -2.43. The van der Waals surface area contributed by atoms with Crippen LogP contribution < -0.4 is 5.32 Å². The lowest BCUT2D eigenvalue weighted by molar-refractivity contribution is -0.128. The number of likely N-dealkylation sites (tertiary alicyclic amines) is 1. The molecule has 124 valence electrons. The molecular formula is C17H21ClN2O3. The van der Waals surface area contributed by atoms with Gasteiger partial charge in [-0.3, -0.25) is 9.59 Å². The van der Waals surface area contributed by atoms with Crippen LogP contribution in [-0.2, 0) is 9.59 Å². The number of likely N-dealkylation sites (N-methyl/N-ethyl adjacent to an activating group) is 1. The second kappa shape index (κ2) is 6.49. The first-order valence-corrected chi connectivity index (χ1v) is 8.34. The Morgan fingerprint density at radius 3 is 2.61 bits per heavy atom. The molecule has 0 bridgehead atoms. The predicted octanol–water partition coefficient (Wildman–Crippen LogP) is 1.89. The maximum absolute atomic E-state index is 12.4. The number of benzene rings is 1. The lowest BCUT2D eigenvalue weighted by Gasteiger charge is -2.27. The Balaban J connectivity index is 1.77. The zero-order valence-electron chi connectivity index (χ0n) is 13.0. The van der Waals surface area contributed by atoms with Crippen LogP contribution in [0.15, 0.2) is 24.3 Å². The van der Waals surface area contributed by atoms with E-state index in [1.807, 2.05) is 12.1 Å². The van der Waals surface area contributed by atoms with Crippen LogP contribution in [0.1, 0.15) is 37.3 Å². The van der Waals surface area contributed by atoms with E-state index < -0.39 is 6.10 Å². The quantitative estimate of drug-likeness (QED) is 0.885. The fourth-order valence-corrected chi connectivity index (χ4v) is 3.78. The highest BCUT2D eigenvalue weighted by atomic mass is 35.5. The minimum Gasteiger partial charge on any atom is -0.392 e. The lowest BCUT2D eigenvalue weighted by atomic mass is 9.98. The van der Waals surface area contributed by atoms with Gasteiger partial charge in [0.05, 0.1) is 24.1 Å². The monoisotopic (exact) mass is 336 g/mol. The standard InChI is InChI=1S/C17H21ClN2O3/c1-20-15(22)9-13(16(20)10-5-7-11(18)8-6-10)19-17(23)12-3-2-4-14(12)21/h5-8,12-14,16,21H,2-4,9H2,1H3,(H,19,23). The molecule has 1 aliphatic carbocycles. The van der Waals surface area contributed by atoms with Crippen LogP contribution >= 0.6 is 11.6 Å². The Morgan fingerprint density at radius 2 is 2.00 bits per heavy atom. The first kappa shape index (κ1) is 16.3. The largest absolute Gasteiger partial charge is 0.392 e. The summed E-state index contributed by atoms with van der Waals surface area (Å²) in [7, 11) is 1.75. The van der Waals surface area contributed by atoms with E-state index in [2.05, 4.69) is 5.32 Å². The predicted molar refractivity (Wildman–Crippen MR) is 86.9 cm³/mol. The molecule has 23 heavy (non-hydrogen) atoms. The van der Waals surface area contributed by atoms with Crippen molar-refractivity contribution in [1.29, 1.82) is 0 Å². The van der Waals surface area contributed by atoms with Gasteiger partial charge in [-0.15, -0.1) is 0 Å². The van der Waals surface area contributed by atoms with Crippen LogP contribution in [0.3, 0.4) is 0 Å². The summed E-state index contributed by atoms with van der Waals surface area (Å²) in [6, 6.07) is 6.84. The van der Waals surface area contributed by atoms with Crippen molar-refractivity contribution >= 4 is 23.4 Å². The third kappa shape index (κ3) is 3.21. The average Bonchev–Trinajstić information content (AvgIpc) is 3.05. The average molecular weight is 337 g/mol. The molecular weight excluding hydrogens is 316 g/mol. The molecule has 1 heterocycles. The maximum Gasteiger partial charge on any atom is 0.226 e. The van der Waals surface area contributed by atoms with Gasteiger partial charge in [-0.25, -0.2) is 0 Å². The molecule has 1 aliphatic heterocycles. The number of hydrogen-bond acceptors (Lipinski definition) is 3. The van der Waals surface area contributed by atoms with Crippen LogP contribution in [0.25, 0.3) is 0 Å². The smallest absolute Gasteiger partial charge is 0.226 e. The summed E-state index contributed by atoms with van der Waals surface area (Å²) >= 11 is 5.93. The second-order valence-corrected chi connectivity index (χ2v) is 6.86. The molecule has 4 atom stereocenters. The van der Waals surface area contributed by atoms with Crippen molar-refractivity contribution in [3.8, 4) is 0 Å². The molecule has 1 saturated heterocycles. The highest BCUT2D eigenvalue weighted by Gasteiger charge is 2.41. The molecule has 4 unspecified atom stereocenters. The third-order valence-corrected chi connectivity index (χ3v) is 5.19. The molecule has 5 nitrogen and oxygen atoms in total. The number of carbonyl (C=O) groups is 2. The molecule has 0 spiro atoms. The molecule has 2 fully saturated rings. The number of rotatable bonds is 3. The van der Waals surface area contributed by atoms with Gasteiger partial charge in [0.15, 0.2) is 0 Å². The number of amides is 2. The van der Waals surface area contributed by atoms with E-state index in [4.69, 9.17) is 11.6 Å². The van der Waals surface area contributed by atoms with E-state index >= 15 is 0 Å². The minimum atomic E-state index is -0.571. The normalized spacial score (nSPS) is 30.7. The van der Waals surface area contributed by atoms with Gasteiger partial charge in [-0.2, -0.15) is 0 Å². The van der Waals surface area contributed by atoms with E-state index in [1.165, 1.54) is 0 Å². The minimum absolute atomic E-state index is 0.00206. The topological polar surface area (TPSA) is 69.6 Å². The van der Waals surface area contributed by atoms with Gasteiger partial charge >= 0.3 is 0 Å². The summed E-state index contributed by atoms with van der Waals surface area (Å²) in [5.74, 6) is -0.508. The van der Waals surface area contributed by atoms with Crippen molar-refractivity contribution in [3.63, 3.8) is 0 Å².